The minimum absolute atomic E-state index is 0.151. The Kier molecular flexibility index (Phi) is 8.21. The number of thioether (sulfide) groups is 1. The summed E-state index contributed by atoms with van der Waals surface area (Å²) >= 11 is 1.42. The largest absolute Gasteiger partial charge is 0.418 e. The molecule has 0 amide bonds. The van der Waals surface area contributed by atoms with Crippen molar-refractivity contribution in [3.63, 3.8) is 0 Å². The van der Waals surface area contributed by atoms with Gasteiger partial charge in [0.25, 0.3) is 0 Å². The fourth-order valence-corrected chi connectivity index (χ4v) is 10.4. The number of allylic oxidation sites excluding steroid dienone is 2. The van der Waals surface area contributed by atoms with E-state index < -0.39 is 0 Å². The van der Waals surface area contributed by atoms with E-state index in [1.54, 1.807) is 5.57 Å². The van der Waals surface area contributed by atoms with Gasteiger partial charge in [0.15, 0.2) is 0 Å². The van der Waals surface area contributed by atoms with Crippen molar-refractivity contribution in [1.29, 1.82) is 0 Å². The summed E-state index contributed by atoms with van der Waals surface area (Å²) in [5.74, 6) is 5.89. The van der Waals surface area contributed by atoms with Gasteiger partial charge in [-0.25, -0.2) is 4.79 Å². The van der Waals surface area contributed by atoms with Crippen LogP contribution in [0.1, 0.15) is 105 Å². The Bertz CT molecular complexity index is 969. The monoisotopic (exact) mass is 522 g/mol. The average molecular weight is 523 g/mol. The van der Waals surface area contributed by atoms with Crippen LogP contribution in [0.2, 0.25) is 0 Å². The van der Waals surface area contributed by atoms with Crippen LogP contribution in [0, 0.1) is 46.3 Å². The molecule has 8 unspecified atom stereocenters. The number of carbonyl (C=O) groups excluding carboxylic acids is 1. The molecule has 3 saturated carbocycles. The number of benzene rings is 1. The highest BCUT2D eigenvalue weighted by Gasteiger charge is 2.59. The quantitative estimate of drug-likeness (QED) is 0.263. The van der Waals surface area contributed by atoms with E-state index in [0.717, 1.165) is 48.3 Å². The summed E-state index contributed by atoms with van der Waals surface area (Å²) in [6, 6.07) is 9.49. The lowest BCUT2D eigenvalue weighted by molar-refractivity contribution is -0.0497. The lowest BCUT2D eigenvalue weighted by atomic mass is 9.47. The van der Waals surface area contributed by atoms with Crippen LogP contribution in [-0.4, -0.2) is 10.6 Å². The predicted octanol–water partition coefficient (Wildman–Crippen LogP) is 10.3. The third-order valence-electron chi connectivity index (χ3n) is 11.5. The van der Waals surface area contributed by atoms with Crippen molar-refractivity contribution in [2.75, 3.05) is 0 Å². The maximum atomic E-state index is 12.6. The molecule has 0 N–H and O–H groups in total. The molecule has 3 heteroatoms. The van der Waals surface area contributed by atoms with Gasteiger partial charge in [-0.1, -0.05) is 83.7 Å². The van der Waals surface area contributed by atoms with E-state index >= 15 is 0 Å². The molecule has 5 rings (SSSR count). The van der Waals surface area contributed by atoms with Crippen LogP contribution < -0.4 is 4.74 Å². The fourth-order valence-electron chi connectivity index (χ4n) is 9.50. The first-order valence-corrected chi connectivity index (χ1v) is 16.2. The zero-order chi connectivity index (χ0) is 26.2. The van der Waals surface area contributed by atoms with Gasteiger partial charge < -0.3 is 4.74 Å². The Morgan fingerprint density at radius 3 is 2.54 bits per heavy atom. The summed E-state index contributed by atoms with van der Waals surface area (Å²) in [4.78, 5) is 12.6. The Morgan fingerprint density at radius 1 is 1.00 bits per heavy atom. The molecule has 0 aliphatic heterocycles. The molecule has 4 aliphatic carbocycles. The molecule has 0 spiro atoms. The SMILES string of the molecule is CC(C)CCCC(C)C1CCC2C3CC=C4CC(SC(=O)Oc5ccccc5)CCC4(C)C3CCC12C. The zero-order valence-corrected chi connectivity index (χ0v) is 24.8. The number of ether oxygens (including phenoxy) is 1. The zero-order valence-electron chi connectivity index (χ0n) is 24.0. The van der Waals surface area contributed by atoms with Gasteiger partial charge in [-0.3, -0.25) is 0 Å². The Morgan fingerprint density at radius 2 is 1.78 bits per heavy atom. The van der Waals surface area contributed by atoms with Crippen LogP contribution in [0.4, 0.5) is 4.79 Å². The van der Waals surface area contributed by atoms with Crippen LogP contribution in [0.25, 0.3) is 0 Å². The first-order chi connectivity index (χ1) is 17.7. The van der Waals surface area contributed by atoms with Gasteiger partial charge in [-0.15, -0.1) is 0 Å². The summed E-state index contributed by atoms with van der Waals surface area (Å²) in [6.45, 7) is 12.6. The van der Waals surface area contributed by atoms with Gasteiger partial charge in [-0.05, 0) is 122 Å². The van der Waals surface area contributed by atoms with E-state index in [4.69, 9.17) is 4.74 Å². The molecule has 1 aromatic rings. The van der Waals surface area contributed by atoms with E-state index in [0.29, 0.717) is 21.8 Å². The van der Waals surface area contributed by atoms with Crippen molar-refractivity contribution in [3.05, 3.63) is 42.0 Å². The summed E-state index contributed by atoms with van der Waals surface area (Å²) in [5.41, 5.74) is 2.55. The third kappa shape index (κ3) is 5.45. The lowest BCUT2D eigenvalue weighted by Gasteiger charge is -2.58. The molecule has 204 valence electrons. The first kappa shape index (κ1) is 27.4. The molecule has 4 aliphatic rings. The lowest BCUT2D eigenvalue weighted by Crippen LogP contribution is -2.50. The highest BCUT2D eigenvalue weighted by Crippen LogP contribution is 2.67. The van der Waals surface area contributed by atoms with Crippen LogP contribution in [0.5, 0.6) is 5.75 Å². The summed E-state index contributed by atoms with van der Waals surface area (Å²) < 4.78 is 5.59. The molecular weight excluding hydrogens is 472 g/mol. The van der Waals surface area contributed by atoms with Gasteiger partial charge >= 0.3 is 5.30 Å². The maximum absolute atomic E-state index is 12.6. The Balaban J connectivity index is 1.22. The molecule has 0 bridgehead atoms. The fraction of sp³-hybridized carbons (Fsp3) is 0.735. The minimum atomic E-state index is -0.151. The van der Waals surface area contributed by atoms with Gasteiger partial charge in [0.2, 0.25) is 0 Å². The van der Waals surface area contributed by atoms with Crippen LogP contribution in [0.15, 0.2) is 42.0 Å². The van der Waals surface area contributed by atoms with Crippen molar-refractivity contribution in [3.8, 4) is 5.75 Å². The molecule has 3 fully saturated rings. The second kappa shape index (κ2) is 11.1. The van der Waals surface area contributed by atoms with Gasteiger partial charge in [0.1, 0.15) is 5.75 Å². The van der Waals surface area contributed by atoms with E-state index in [1.807, 2.05) is 30.3 Å². The van der Waals surface area contributed by atoms with Crippen molar-refractivity contribution >= 4 is 17.1 Å². The number of para-hydroxylation sites is 1. The van der Waals surface area contributed by atoms with Crippen molar-refractivity contribution < 1.29 is 9.53 Å². The number of hydrogen-bond acceptors (Lipinski definition) is 3. The van der Waals surface area contributed by atoms with Crippen LogP contribution in [-0.2, 0) is 0 Å². The summed E-state index contributed by atoms with van der Waals surface area (Å²) in [7, 11) is 0. The van der Waals surface area contributed by atoms with E-state index in [-0.39, 0.29) is 5.30 Å². The molecule has 37 heavy (non-hydrogen) atoms. The highest BCUT2D eigenvalue weighted by atomic mass is 32.2. The van der Waals surface area contributed by atoms with E-state index in [9.17, 15) is 4.79 Å². The molecule has 0 radical (unpaired) electrons. The summed E-state index contributed by atoms with van der Waals surface area (Å²) in [6.07, 6.45) is 17.3. The summed E-state index contributed by atoms with van der Waals surface area (Å²) in [5, 5.41) is 0.200. The second-order valence-corrected chi connectivity index (χ2v) is 15.2. The second-order valence-electron chi connectivity index (χ2n) is 13.9. The topological polar surface area (TPSA) is 26.3 Å². The molecule has 0 aromatic heterocycles. The first-order valence-electron chi connectivity index (χ1n) is 15.3. The van der Waals surface area contributed by atoms with Crippen molar-refractivity contribution in [1.82, 2.24) is 0 Å². The molecule has 2 nitrogen and oxygen atoms in total. The Labute approximate surface area is 230 Å². The standard InChI is InChI=1S/C34H50O2S/c1-23(2)10-9-11-24(3)29-16-17-30-28-15-14-25-22-27(37-32(35)36-26-12-7-6-8-13-26)18-20-33(25,4)31(28)19-21-34(29,30)5/h6-8,12-14,23-24,27-31H,9-11,15-22H2,1-5H3. The number of carbonyl (C=O) groups is 1. The number of rotatable bonds is 7. The predicted molar refractivity (Wildman–Crippen MR) is 157 cm³/mol. The Hall–Kier alpha value is -1.22. The molecule has 8 atom stereocenters. The van der Waals surface area contributed by atoms with E-state index in [1.165, 1.54) is 69.5 Å². The van der Waals surface area contributed by atoms with E-state index in [2.05, 4.69) is 40.7 Å². The maximum Gasteiger partial charge on any atom is 0.372 e. The van der Waals surface area contributed by atoms with Gasteiger partial charge in [-0.2, -0.15) is 0 Å². The smallest absolute Gasteiger partial charge is 0.372 e. The number of fused-ring (bicyclic) bond motifs is 5. The highest BCUT2D eigenvalue weighted by molar-refractivity contribution is 8.13. The third-order valence-corrected chi connectivity index (χ3v) is 12.5. The average Bonchev–Trinajstić information content (AvgIpc) is 3.22. The van der Waals surface area contributed by atoms with Gasteiger partial charge in [0.05, 0.1) is 0 Å². The number of hydrogen-bond donors (Lipinski definition) is 0. The van der Waals surface area contributed by atoms with Crippen LogP contribution >= 0.6 is 11.8 Å². The van der Waals surface area contributed by atoms with Gasteiger partial charge in [0, 0.05) is 5.25 Å². The normalized spacial score (nSPS) is 37.8. The minimum Gasteiger partial charge on any atom is -0.418 e. The van der Waals surface area contributed by atoms with Crippen molar-refractivity contribution in [2.45, 2.75) is 110 Å². The molecular formula is C34H50O2S. The van der Waals surface area contributed by atoms with Crippen LogP contribution in [0.3, 0.4) is 0 Å². The van der Waals surface area contributed by atoms with Crippen molar-refractivity contribution in [2.24, 2.45) is 46.3 Å². The molecule has 0 saturated heterocycles. The molecule has 1 aromatic carbocycles. The molecule has 0 heterocycles.